The van der Waals surface area contributed by atoms with Crippen molar-refractivity contribution in [2.45, 2.75) is 52.0 Å². The average molecular weight is 509 g/mol. The minimum Gasteiger partial charge on any atom is -0.507 e. The number of rotatable bonds is 14. The summed E-state index contributed by atoms with van der Waals surface area (Å²) in [5, 5.41) is 11.3. The van der Waals surface area contributed by atoms with E-state index in [4.69, 9.17) is 9.47 Å². The number of ketones is 1. The van der Waals surface area contributed by atoms with Gasteiger partial charge in [0.15, 0.2) is 0 Å². The van der Waals surface area contributed by atoms with Crippen LogP contribution in [0.2, 0.25) is 0 Å². The maximum absolute atomic E-state index is 13.3. The number of aliphatic hydroxyl groups is 1. The molecule has 7 nitrogen and oxygen atoms in total. The number of Topliss-reactive ketones (excluding diaryl/α,β-unsaturated/α-hetero) is 1. The maximum Gasteiger partial charge on any atom is 0.295 e. The van der Waals surface area contributed by atoms with Crippen molar-refractivity contribution in [3.05, 3.63) is 65.2 Å². The van der Waals surface area contributed by atoms with Crippen LogP contribution in [0.5, 0.6) is 11.5 Å². The highest BCUT2D eigenvalue weighted by molar-refractivity contribution is 6.46. The highest BCUT2D eigenvalue weighted by Crippen LogP contribution is 2.40. The van der Waals surface area contributed by atoms with Gasteiger partial charge in [-0.2, -0.15) is 0 Å². The first-order valence-electron chi connectivity index (χ1n) is 13.3. The Balaban J connectivity index is 1.98. The molecule has 1 fully saturated rings. The SMILES string of the molecule is CCCCCOc1cccc(C2C(=C(O)c3ccc(OCCC)cc3)C(=O)C(=O)N2CCCN(C)C)c1. The van der Waals surface area contributed by atoms with E-state index in [2.05, 4.69) is 6.92 Å². The van der Waals surface area contributed by atoms with Crippen molar-refractivity contribution < 1.29 is 24.2 Å². The molecule has 37 heavy (non-hydrogen) atoms. The first-order valence-corrected chi connectivity index (χ1v) is 13.3. The van der Waals surface area contributed by atoms with E-state index in [-0.39, 0.29) is 11.3 Å². The quantitative estimate of drug-likeness (QED) is 0.159. The van der Waals surface area contributed by atoms with Gasteiger partial charge in [0, 0.05) is 12.1 Å². The Morgan fingerprint density at radius 1 is 0.919 bits per heavy atom. The number of unbranched alkanes of at least 4 members (excludes halogenated alkanes) is 2. The van der Waals surface area contributed by atoms with Crippen molar-refractivity contribution in [1.82, 2.24) is 9.80 Å². The van der Waals surface area contributed by atoms with Crippen molar-refractivity contribution in [2.24, 2.45) is 0 Å². The number of carbonyl (C=O) groups is 2. The fourth-order valence-corrected chi connectivity index (χ4v) is 4.42. The highest BCUT2D eigenvalue weighted by Gasteiger charge is 2.45. The summed E-state index contributed by atoms with van der Waals surface area (Å²) in [6.45, 7) is 6.55. The van der Waals surface area contributed by atoms with Crippen LogP contribution in [-0.2, 0) is 9.59 Å². The number of aliphatic hydroxyl groups excluding tert-OH is 1. The lowest BCUT2D eigenvalue weighted by molar-refractivity contribution is -0.139. The van der Waals surface area contributed by atoms with Crippen LogP contribution in [-0.4, -0.2) is 67.0 Å². The summed E-state index contributed by atoms with van der Waals surface area (Å²) < 4.78 is 11.6. The largest absolute Gasteiger partial charge is 0.507 e. The van der Waals surface area contributed by atoms with E-state index in [1.54, 1.807) is 29.2 Å². The molecule has 1 atom stereocenters. The second-order valence-corrected chi connectivity index (χ2v) is 9.65. The Labute approximate surface area is 220 Å². The highest BCUT2D eigenvalue weighted by atomic mass is 16.5. The van der Waals surface area contributed by atoms with Gasteiger partial charge in [-0.25, -0.2) is 0 Å². The topological polar surface area (TPSA) is 79.3 Å². The third-order valence-corrected chi connectivity index (χ3v) is 6.34. The molecule has 1 aliphatic rings. The van der Waals surface area contributed by atoms with E-state index < -0.39 is 17.7 Å². The predicted octanol–water partition coefficient (Wildman–Crippen LogP) is 5.42. The molecule has 0 spiro atoms. The lowest BCUT2D eigenvalue weighted by atomic mass is 9.95. The van der Waals surface area contributed by atoms with Gasteiger partial charge in [0.05, 0.1) is 24.8 Å². The van der Waals surface area contributed by atoms with Gasteiger partial charge in [-0.15, -0.1) is 0 Å². The van der Waals surface area contributed by atoms with Crippen molar-refractivity contribution >= 4 is 17.4 Å². The molecule has 1 heterocycles. The van der Waals surface area contributed by atoms with E-state index in [1.165, 1.54) is 0 Å². The number of amides is 1. The van der Waals surface area contributed by atoms with Crippen LogP contribution < -0.4 is 9.47 Å². The fourth-order valence-electron chi connectivity index (χ4n) is 4.42. The normalized spacial score (nSPS) is 17.0. The number of ether oxygens (including phenoxy) is 2. The first kappa shape index (κ1) is 28.3. The lowest BCUT2D eigenvalue weighted by Crippen LogP contribution is -2.32. The van der Waals surface area contributed by atoms with Gasteiger partial charge in [-0.05, 0) is 81.9 Å². The molecular weight excluding hydrogens is 468 g/mol. The van der Waals surface area contributed by atoms with Crippen LogP contribution in [0.25, 0.3) is 5.76 Å². The summed E-state index contributed by atoms with van der Waals surface area (Å²) in [5.41, 5.74) is 1.30. The van der Waals surface area contributed by atoms with Gasteiger partial charge in [0.25, 0.3) is 11.7 Å². The van der Waals surface area contributed by atoms with Gasteiger partial charge in [-0.1, -0.05) is 38.8 Å². The molecule has 1 aliphatic heterocycles. The number of hydrogen-bond acceptors (Lipinski definition) is 6. The van der Waals surface area contributed by atoms with E-state index in [1.807, 2.05) is 50.2 Å². The molecule has 1 saturated heterocycles. The minimum absolute atomic E-state index is 0.0974. The van der Waals surface area contributed by atoms with Crippen LogP contribution in [0, 0.1) is 0 Å². The zero-order chi connectivity index (χ0) is 26.8. The van der Waals surface area contributed by atoms with E-state index in [0.717, 1.165) is 37.8 Å². The van der Waals surface area contributed by atoms with E-state index in [0.29, 0.717) is 43.2 Å². The minimum atomic E-state index is -0.697. The molecule has 1 unspecified atom stereocenters. The summed E-state index contributed by atoms with van der Waals surface area (Å²) in [5.74, 6) is -0.0814. The Bertz CT molecular complexity index is 1080. The van der Waals surface area contributed by atoms with Crippen molar-refractivity contribution in [3.8, 4) is 11.5 Å². The monoisotopic (exact) mass is 508 g/mol. The predicted molar refractivity (Wildman–Crippen MR) is 146 cm³/mol. The molecule has 7 heteroatoms. The van der Waals surface area contributed by atoms with E-state index >= 15 is 0 Å². The Morgan fingerprint density at radius 3 is 2.32 bits per heavy atom. The fraction of sp³-hybridized carbons (Fsp3) is 0.467. The van der Waals surface area contributed by atoms with Gasteiger partial charge >= 0.3 is 0 Å². The molecule has 1 amide bonds. The molecule has 0 saturated carbocycles. The van der Waals surface area contributed by atoms with Crippen LogP contribution in [0.1, 0.15) is 63.1 Å². The summed E-state index contributed by atoms with van der Waals surface area (Å²) in [6, 6.07) is 13.7. The van der Waals surface area contributed by atoms with Crippen LogP contribution in [0.4, 0.5) is 0 Å². The van der Waals surface area contributed by atoms with E-state index in [9.17, 15) is 14.7 Å². The average Bonchev–Trinajstić information content (AvgIpc) is 3.15. The number of benzene rings is 2. The Morgan fingerprint density at radius 2 is 1.65 bits per heavy atom. The molecule has 2 aromatic carbocycles. The molecule has 0 radical (unpaired) electrons. The first-order chi connectivity index (χ1) is 17.9. The smallest absolute Gasteiger partial charge is 0.295 e. The molecular formula is C30H40N2O5. The standard InChI is InChI=1S/C30H40N2O5/c1-5-7-8-20-37-25-12-9-11-23(21-25)27-26(29(34)30(35)32(27)18-10-17-31(3)4)28(33)22-13-15-24(16-14-22)36-19-6-2/h9,11-16,21,27,33H,5-8,10,17-20H2,1-4H3. The summed E-state index contributed by atoms with van der Waals surface area (Å²) >= 11 is 0. The van der Waals surface area contributed by atoms with Crippen molar-refractivity contribution in [3.63, 3.8) is 0 Å². The molecule has 1 N–H and O–H groups in total. The van der Waals surface area contributed by atoms with Gasteiger partial charge < -0.3 is 24.4 Å². The van der Waals surface area contributed by atoms with Crippen LogP contribution in [0.3, 0.4) is 0 Å². The van der Waals surface area contributed by atoms with Crippen LogP contribution >= 0.6 is 0 Å². The van der Waals surface area contributed by atoms with Crippen molar-refractivity contribution in [2.75, 3.05) is 40.4 Å². The Hall–Kier alpha value is -3.32. The second kappa shape index (κ2) is 13.8. The molecule has 200 valence electrons. The van der Waals surface area contributed by atoms with Crippen LogP contribution in [0.15, 0.2) is 54.1 Å². The third-order valence-electron chi connectivity index (χ3n) is 6.34. The zero-order valence-electron chi connectivity index (χ0n) is 22.5. The molecule has 2 aromatic rings. The summed E-state index contributed by atoms with van der Waals surface area (Å²) in [4.78, 5) is 30.1. The summed E-state index contributed by atoms with van der Waals surface area (Å²) in [6.07, 6.45) is 4.75. The molecule has 0 aliphatic carbocycles. The molecule has 0 aromatic heterocycles. The van der Waals surface area contributed by atoms with Crippen molar-refractivity contribution in [1.29, 1.82) is 0 Å². The third kappa shape index (κ3) is 7.35. The second-order valence-electron chi connectivity index (χ2n) is 9.65. The lowest BCUT2D eigenvalue weighted by Gasteiger charge is -2.26. The zero-order valence-corrected chi connectivity index (χ0v) is 22.5. The number of nitrogens with zero attached hydrogens (tertiary/aromatic N) is 2. The maximum atomic E-state index is 13.3. The Kier molecular flexibility index (Phi) is 10.6. The number of carbonyl (C=O) groups excluding carboxylic acids is 2. The molecule has 0 bridgehead atoms. The number of likely N-dealkylation sites (tertiary alicyclic amines) is 1. The number of hydrogen-bond donors (Lipinski definition) is 1. The van der Waals surface area contributed by atoms with Gasteiger partial charge in [-0.3, -0.25) is 9.59 Å². The van der Waals surface area contributed by atoms with Gasteiger partial charge in [0.2, 0.25) is 0 Å². The summed E-state index contributed by atoms with van der Waals surface area (Å²) in [7, 11) is 3.94. The molecule has 3 rings (SSSR count). The van der Waals surface area contributed by atoms with Gasteiger partial charge in [0.1, 0.15) is 17.3 Å².